The normalized spacial score (nSPS) is 16.5. The fourth-order valence-corrected chi connectivity index (χ4v) is 4.04. The van der Waals surface area contributed by atoms with Gasteiger partial charge < -0.3 is 30.9 Å². The van der Waals surface area contributed by atoms with Crippen LogP contribution in [0.1, 0.15) is 41.6 Å². The number of carboxylic acid groups (broad SMARTS) is 1. The zero-order valence-corrected chi connectivity index (χ0v) is 18.3. The third-order valence-electron chi connectivity index (χ3n) is 5.63. The van der Waals surface area contributed by atoms with E-state index in [2.05, 4.69) is 20.4 Å². The van der Waals surface area contributed by atoms with Gasteiger partial charge in [0.05, 0.1) is 12.7 Å². The molecule has 1 fully saturated rings. The summed E-state index contributed by atoms with van der Waals surface area (Å²) in [5.41, 5.74) is 7.21. The van der Waals surface area contributed by atoms with Crippen LogP contribution in [0.15, 0.2) is 18.2 Å². The Bertz CT molecular complexity index is 997. The number of benzene rings is 1. The minimum absolute atomic E-state index is 0.0283. The first-order valence-electron chi connectivity index (χ1n) is 10.5. The lowest BCUT2D eigenvalue weighted by atomic mass is 10.0. The Kier molecular flexibility index (Phi) is 7.47. The minimum Gasteiger partial charge on any atom is -0.507 e. The number of hydrogen-bond acceptors (Lipinski definition) is 8. The van der Waals surface area contributed by atoms with Gasteiger partial charge in [-0.15, -0.1) is 10.2 Å². The third kappa shape index (κ3) is 5.44. The second-order valence-corrected chi connectivity index (χ2v) is 7.93. The number of carbonyl (C=O) groups is 2. The van der Waals surface area contributed by atoms with Crippen LogP contribution >= 0.6 is 0 Å². The van der Waals surface area contributed by atoms with Crippen molar-refractivity contribution in [2.24, 2.45) is 5.73 Å². The SMILES string of the molecule is COc1ccc(-c2nnc(N[C@@H]3CCCN(CCCC(=O)O)C3)c(C(N)=O)c2C)c(O)c1. The van der Waals surface area contributed by atoms with Crippen molar-refractivity contribution < 1.29 is 24.5 Å². The Hall–Kier alpha value is -3.40. The number of hydrogen-bond donors (Lipinski definition) is 4. The van der Waals surface area contributed by atoms with E-state index in [1.807, 2.05) is 0 Å². The molecule has 5 N–H and O–H groups in total. The molecular formula is C22H29N5O5. The fourth-order valence-electron chi connectivity index (χ4n) is 4.04. The van der Waals surface area contributed by atoms with Crippen LogP contribution in [-0.2, 0) is 4.79 Å². The van der Waals surface area contributed by atoms with Crippen molar-refractivity contribution in [2.45, 2.75) is 38.6 Å². The van der Waals surface area contributed by atoms with Gasteiger partial charge in [-0.05, 0) is 57.0 Å². The molecule has 0 spiro atoms. The minimum atomic E-state index is -0.795. The van der Waals surface area contributed by atoms with E-state index in [9.17, 15) is 14.7 Å². The maximum atomic E-state index is 12.3. The zero-order chi connectivity index (χ0) is 23.3. The highest BCUT2D eigenvalue weighted by atomic mass is 16.5. The first kappa shape index (κ1) is 23.3. The predicted octanol–water partition coefficient (Wildman–Crippen LogP) is 2.01. The molecule has 1 saturated heterocycles. The smallest absolute Gasteiger partial charge is 0.303 e. The molecule has 10 heteroatoms. The number of aromatic nitrogens is 2. The van der Waals surface area contributed by atoms with Gasteiger partial charge in [-0.3, -0.25) is 9.59 Å². The number of rotatable bonds is 9. The van der Waals surface area contributed by atoms with E-state index in [0.717, 1.165) is 19.4 Å². The third-order valence-corrected chi connectivity index (χ3v) is 5.63. The lowest BCUT2D eigenvalue weighted by Crippen LogP contribution is -2.43. The van der Waals surface area contributed by atoms with Crippen LogP contribution in [0.2, 0.25) is 0 Å². The maximum Gasteiger partial charge on any atom is 0.303 e. The molecule has 32 heavy (non-hydrogen) atoms. The molecule has 0 bridgehead atoms. The van der Waals surface area contributed by atoms with Crippen LogP contribution in [0.5, 0.6) is 11.5 Å². The fraction of sp³-hybridized carbons (Fsp3) is 0.455. The van der Waals surface area contributed by atoms with Crippen molar-refractivity contribution in [3.63, 3.8) is 0 Å². The molecule has 1 aliphatic rings. The van der Waals surface area contributed by atoms with Gasteiger partial charge in [0.15, 0.2) is 5.82 Å². The maximum absolute atomic E-state index is 12.3. The van der Waals surface area contributed by atoms with E-state index >= 15 is 0 Å². The first-order valence-corrected chi connectivity index (χ1v) is 10.5. The molecule has 0 aliphatic carbocycles. The topological polar surface area (TPSA) is 151 Å². The summed E-state index contributed by atoms with van der Waals surface area (Å²) in [4.78, 5) is 25.2. The van der Waals surface area contributed by atoms with E-state index in [-0.39, 0.29) is 23.8 Å². The highest BCUT2D eigenvalue weighted by molar-refractivity contribution is 6.00. The number of amides is 1. The number of aromatic hydroxyl groups is 1. The number of primary amides is 1. The number of likely N-dealkylation sites (tertiary alicyclic amines) is 1. The Morgan fingerprint density at radius 2 is 2.12 bits per heavy atom. The van der Waals surface area contributed by atoms with Crippen LogP contribution < -0.4 is 15.8 Å². The van der Waals surface area contributed by atoms with Crippen molar-refractivity contribution in [3.05, 3.63) is 29.3 Å². The number of carbonyl (C=O) groups excluding carboxylic acids is 1. The molecule has 1 aliphatic heterocycles. The van der Waals surface area contributed by atoms with E-state index < -0.39 is 11.9 Å². The van der Waals surface area contributed by atoms with Crippen LogP contribution in [0.4, 0.5) is 5.82 Å². The number of anilines is 1. The Morgan fingerprint density at radius 1 is 1.34 bits per heavy atom. The highest BCUT2D eigenvalue weighted by Gasteiger charge is 2.25. The van der Waals surface area contributed by atoms with Crippen LogP contribution in [0.3, 0.4) is 0 Å². The number of aliphatic carboxylic acids is 1. The first-order chi connectivity index (χ1) is 15.3. The van der Waals surface area contributed by atoms with E-state index in [4.69, 9.17) is 15.6 Å². The number of ether oxygens (including phenoxy) is 1. The lowest BCUT2D eigenvalue weighted by molar-refractivity contribution is -0.137. The summed E-state index contributed by atoms with van der Waals surface area (Å²) in [6, 6.07) is 4.83. The van der Waals surface area contributed by atoms with Crippen LogP contribution in [0.25, 0.3) is 11.3 Å². The van der Waals surface area contributed by atoms with Gasteiger partial charge in [0, 0.05) is 30.6 Å². The standard InChI is InChI=1S/C22H29N5O5/c1-13-19(21(23)31)22(24-14-5-3-9-27(12-14)10-4-6-18(29)30)26-25-20(13)16-8-7-15(32-2)11-17(16)28/h7-8,11,14,28H,3-6,9-10,12H2,1-2H3,(H2,23,31)(H,24,26)(H,29,30)/t14-/m1/s1. The largest absolute Gasteiger partial charge is 0.507 e. The van der Waals surface area contributed by atoms with Crippen LogP contribution in [0, 0.1) is 6.92 Å². The summed E-state index contributed by atoms with van der Waals surface area (Å²) >= 11 is 0. The van der Waals surface area contributed by atoms with E-state index in [0.29, 0.717) is 47.9 Å². The number of carboxylic acids is 1. The molecule has 2 heterocycles. The van der Waals surface area contributed by atoms with Gasteiger partial charge in [-0.1, -0.05) is 0 Å². The van der Waals surface area contributed by atoms with Gasteiger partial charge >= 0.3 is 5.97 Å². The Balaban J connectivity index is 1.81. The van der Waals surface area contributed by atoms with E-state index in [1.165, 1.54) is 13.2 Å². The number of piperidine rings is 1. The van der Waals surface area contributed by atoms with Crippen LogP contribution in [-0.4, -0.2) is 70.0 Å². The summed E-state index contributed by atoms with van der Waals surface area (Å²) in [6.07, 6.45) is 2.56. The number of nitrogens with zero attached hydrogens (tertiary/aromatic N) is 3. The molecule has 1 aromatic carbocycles. The quantitative estimate of drug-likeness (QED) is 0.456. The molecule has 1 atom stereocenters. The number of phenols is 1. The molecule has 0 unspecified atom stereocenters. The molecule has 172 valence electrons. The summed E-state index contributed by atoms with van der Waals surface area (Å²) in [5, 5.41) is 31.0. The van der Waals surface area contributed by atoms with Crippen molar-refractivity contribution >= 4 is 17.7 Å². The van der Waals surface area contributed by atoms with Gasteiger partial charge in [-0.2, -0.15) is 0 Å². The lowest BCUT2D eigenvalue weighted by Gasteiger charge is -2.33. The Labute approximate surface area is 186 Å². The summed E-state index contributed by atoms with van der Waals surface area (Å²) in [7, 11) is 1.50. The van der Waals surface area contributed by atoms with Crippen molar-refractivity contribution in [2.75, 3.05) is 32.1 Å². The summed E-state index contributed by atoms with van der Waals surface area (Å²) < 4.78 is 5.11. The summed E-state index contributed by atoms with van der Waals surface area (Å²) in [6.45, 7) is 4.03. The number of nitrogens with two attached hydrogens (primary N) is 1. The van der Waals surface area contributed by atoms with Crippen molar-refractivity contribution in [1.29, 1.82) is 0 Å². The zero-order valence-electron chi connectivity index (χ0n) is 18.3. The van der Waals surface area contributed by atoms with Gasteiger partial charge in [0.25, 0.3) is 5.91 Å². The number of methoxy groups -OCH3 is 1. The molecular weight excluding hydrogens is 414 g/mol. The van der Waals surface area contributed by atoms with Crippen molar-refractivity contribution in [1.82, 2.24) is 15.1 Å². The van der Waals surface area contributed by atoms with Gasteiger partial charge in [0.2, 0.25) is 0 Å². The Morgan fingerprint density at radius 3 is 2.78 bits per heavy atom. The number of nitrogens with one attached hydrogen (secondary N) is 1. The highest BCUT2D eigenvalue weighted by Crippen LogP contribution is 2.35. The molecule has 10 nitrogen and oxygen atoms in total. The molecule has 1 amide bonds. The molecule has 0 radical (unpaired) electrons. The molecule has 3 rings (SSSR count). The molecule has 1 aromatic heterocycles. The second kappa shape index (κ2) is 10.3. The molecule has 0 saturated carbocycles. The predicted molar refractivity (Wildman–Crippen MR) is 119 cm³/mol. The monoisotopic (exact) mass is 443 g/mol. The van der Waals surface area contributed by atoms with Crippen molar-refractivity contribution in [3.8, 4) is 22.8 Å². The average Bonchev–Trinajstić information content (AvgIpc) is 2.74. The second-order valence-electron chi connectivity index (χ2n) is 7.93. The van der Waals surface area contributed by atoms with Gasteiger partial charge in [-0.25, -0.2) is 0 Å². The number of phenolic OH excluding ortho intramolecular Hbond substituents is 1. The summed E-state index contributed by atoms with van der Waals surface area (Å²) in [5.74, 6) is -0.665. The molecule has 2 aromatic rings. The van der Waals surface area contributed by atoms with Gasteiger partial charge in [0.1, 0.15) is 17.2 Å². The average molecular weight is 444 g/mol. The van der Waals surface area contributed by atoms with E-state index in [1.54, 1.807) is 19.1 Å².